The lowest BCUT2D eigenvalue weighted by Crippen LogP contribution is -2.41. The number of nitrogen functional groups attached to an aromatic ring is 1. The Kier molecular flexibility index (Phi) is 3.86. The average molecular weight is 252 g/mol. The summed E-state index contributed by atoms with van der Waals surface area (Å²) in [5, 5.41) is 0.489. The van der Waals surface area contributed by atoms with E-state index >= 15 is 0 Å². The van der Waals surface area contributed by atoms with Crippen molar-refractivity contribution in [1.82, 2.24) is 9.88 Å². The molecular weight excluding hydrogens is 236 g/mol. The summed E-state index contributed by atoms with van der Waals surface area (Å²) in [4.78, 5) is 18.1. The van der Waals surface area contributed by atoms with Crippen LogP contribution < -0.4 is 11.3 Å². The summed E-state index contributed by atoms with van der Waals surface area (Å²) in [6, 6.07) is 3.40. The first-order chi connectivity index (χ1) is 8.20. The van der Waals surface area contributed by atoms with E-state index in [1.807, 2.05) is 16.7 Å². The Bertz CT molecular complexity index is 412. The second-order valence-electron chi connectivity index (χ2n) is 4.01. The Hall–Kier alpha value is -1.27. The first-order valence-electron chi connectivity index (χ1n) is 5.54. The number of amides is 1. The maximum atomic E-state index is 12.2. The number of carbonyl (C=O) groups is 1. The quantitative estimate of drug-likeness (QED) is 0.605. The first-order valence-corrected chi connectivity index (χ1v) is 6.59. The van der Waals surface area contributed by atoms with Crippen LogP contribution in [0.3, 0.4) is 0 Å². The number of rotatable bonds is 2. The van der Waals surface area contributed by atoms with Crippen molar-refractivity contribution < 1.29 is 4.79 Å². The summed E-state index contributed by atoms with van der Waals surface area (Å²) in [5.41, 5.74) is 3.66. The molecule has 1 atom stereocenters. The number of nitrogens with one attached hydrogen (secondary N) is 1. The lowest BCUT2D eigenvalue weighted by molar-refractivity contribution is 0.0757. The van der Waals surface area contributed by atoms with Crippen LogP contribution in [0, 0.1) is 0 Å². The molecule has 17 heavy (non-hydrogen) atoms. The van der Waals surface area contributed by atoms with E-state index in [-0.39, 0.29) is 5.91 Å². The fourth-order valence-electron chi connectivity index (χ4n) is 1.80. The molecule has 0 bridgehead atoms. The smallest absolute Gasteiger partial charge is 0.272 e. The minimum Gasteiger partial charge on any atom is -0.335 e. The molecule has 1 saturated heterocycles. The molecule has 2 heterocycles. The van der Waals surface area contributed by atoms with Gasteiger partial charge in [0.1, 0.15) is 5.69 Å². The van der Waals surface area contributed by atoms with Crippen molar-refractivity contribution in [3.8, 4) is 0 Å². The standard InChI is InChI=1S/C11H16N4OS/c1-8-7-15(4-5-17-8)11(16)10-6-9(14-12)2-3-13-10/h2-3,6,8H,4-5,7,12H2,1H3,(H,13,14). The molecule has 1 aliphatic rings. The van der Waals surface area contributed by atoms with E-state index < -0.39 is 0 Å². The van der Waals surface area contributed by atoms with Gasteiger partial charge in [-0.2, -0.15) is 11.8 Å². The first kappa shape index (κ1) is 12.2. The van der Waals surface area contributed by atoms with Crippen LogP contribution in [0.1, 0.15) is 17.4 Å². The zero-order valence-corrected chi connectivity index (χ0v) is 10.5. The molecule has 6 heteroatoms. The van der Waals surface area contributed by atoms with E-state index in [4.69, 9.17) is 5.84 Å². The number of hydrogen-bond acceptors (Lipinski definition) is 5. The number of nitrogens with two attached hydrogens (primary N) is 1. The highest BCUT2D eigenvalue weighted by Gasteiger charge is 2.23. The molecule has 1 unspecified atom stereocenters. The molecule has 0 aromatic carbocycles. The van der Waals surface area contributed by atoms with E-state index in [1.54, 1.807) is 18.3 Å². The van der Waals surface area contributed by atoms with Crippen LogP contribution in [0.25, 0.3) is 0 Å². The van der Waals surface area contributed by atoms with Gasteiger partial charge in [-0.15, -0.1) is 0 Å². The second-order valence-corrected chi connectivity index (χ2v) is 5.55. The van der Waals surface area contributed by atoms with Crippen molar-refractivity contribution in [1.29, 1.82) is 0 Å². The van der Waals surface area contributed by atoms with E-state index in [0.29, 0.717) is 16.6 Å². The summed E-state index contributed by atoms with van der Waals surface area (Å²) in [6.07, 6.45) is 1.59. The average Bonchev–Trinajstić information content (AvgIpc) is 2.38. The number of pyridine rings is 1. The Labute approximate surface area is 105 Å². The minimum absolute atomic E-state index is 0.0192. The summed E-state index contributed by atoms with van der Waals surface area (Å²) >= 11 is 1.90. The summed E-state index contributed by atoms with van der Waals surface area (Å²) < 4.78 is 0. The van der Waals surface area contributed by atoms with Crippen molar-refractivity contribution in [3.05, 3.63) is 24.0 Å². The van der Waals surface area contributed by atoms with Gasteiger partial charge in [-0.05, 0) is 12.1 Å². The van der Waals surface area contributed by atoms with Gasteiger partial charge in [0, 0.05) is 30.3 Å². The third kappa shape index (κ3) is 2.89. The molecule has 1 fully saturated rings. The van der Waals surface area contributed by atoms with E-state index in [1.165, 1.54) is 0 Å². The Morgan fingerprint density at radius 1 is 1.71 bits per heavy atom. The molecule has 0 spiro atoms. The summed E-state index contributed by atoms with van der Waals surface area (Å²) in [5.74, 6) is 6.28. The van der Waals surface area contributed by atoms with Crippen LogP contribution >= 0.6 is 11.8 Å². The van der Waals surface area contributed by atoms with E-state index in [0.717, 1.165) is 18.8 Å². The van der Waals surface area contributed by atoms with Gasteiger partial charge >= 0.3 is 0 Å². The highest BCUT2D eigenvalue weighted by Crippen LogP contribution is 2.19. The molecule has 3 N–H and O–H groups in total. The molecular formula is C11H16N4OS. The fourth-order valence-corrected chi connectivity index (χ4v) is 2.82. The van der Waals surface area contributed by atoms with Crippen LogP contribution in [0.2, 0.25) is 0 Å². The van der Waals surface area contributed by atoms with Gasteiger partial charge in [0.25, 0.3) is 5.91 Å². The van der Waals surface area contributed by atoms with Gasteiger partial charge in [-0.3, -0.25) is 15.6 Å². The van der Waals surface area contributed by atoms with Crippen LogP contribution in [0.15, 0.2) is 18.3 Å². The van der Waals surface area contributed by atoms with Crippen molar-refractivity contribution in [3.63, 3.8) is 0 Å². The van der Waals surface area contributed by atoms with Gasteiger partial charge in [0.2, 0.25) is 0 Å². The molecule has 1 amide bonds. The van der Waals surface area contributed by atoms with Crippen molar-refractivity contribution in [2.75, 3.05) is 24.3 Å². The largest absolute Gasteiger partial charge is 0.335 e. The summed E-state index contributed by atoms with van der Waals surface area (Å²) in [6.45, 7) is 3.71. The van der Waals surface area contributed by atoms with Crippen LogP contribution in [0.4, 0.5) is 5.69 Å². The number of anilines is 1. The van der Waals surface area contributed by atoms with Gasteiger partial charge in [0.15, 0.2) is 0 Å². The fraction of sp³-hybridized carbons (Fsp3) is 0.455. The highest BCUT2D eigenvalue weighted by atomic mass is 32.2. The van der Waals surface area contributed by atoms with Gasteiger partial charge in [-0.25, -0.2) is 0 Å². The zero-order valence-electron chi connectivity index (χ0n) is 9.72. The number of carbonyl (C=O) groups excluding carboxylic acids is 1. The maximum absolute atomic E-state index is 12.2. The lowest BCUT2D eigenvalue weighted by Gasteiger charge is -2.30. The molecule has 92 valence electrons. The molecule has 0 saturated carbocycles. The second kappa shape index (κ2) is 5.37. The molecule has 0 radical (unpaired) electrons. The van der Waals surface area contributed by atoms with Crippen molar-refractivity contribution in [2.45, 2.75) is 12.2 Å². The minimum atomic E-state index is -0.0192. The van der Waals surface area contributed by atoms with E-state index in [2.05, 4.69) is 17.3 Å². The number of hydrazine groups is 1. The Balaban J connectivity index is 2.12. The molecule has 5 nitrogen and oxygen atoms in total. The monoisotopic (exact) mass is 252 g/mol. The van der Waals surface area contributed by atoms with Gasteiger partial charge in [-0.1, -0.05) is 6.92 Å². The SMILES string of the molecule is CC1CN(C(=O)c2cc(NN)ccn2)CCS1. The molecule has 1 aromatic heterocycles. The number of hydrogen-bond donors (Lipinski definition) is 2. The highest BCUT2D eigenvalue weighted by molar-refractivity contribution is 7.99. The van der Waals surface area contributed by atoms with Gasteiger partial charge < -0.3 is 10.3 Å². The predicted molar refractivity (Wildman–Crippen MR) is 69.9 cm³/mol. The van der Waals surface area contributed by atoms with Crippen LogP contribution in [0.5, 0.6) is 0 Å². The number of nitrogens with zero attached hydrogens (tertiary/aromatic N) is 2. The third-order valence-electron chi connectivity index (χ3n) is 2.67. The maximum Gasteiger partial charge on any atom is 0.272 e. The van der Waals surface area contributed by atoms with Gasteiger partial charge in [0.05, 0.1) is 5.69 Å². The van der Waals surface area contributed by atoms with Crippen LogP contribution in [-0.2, 0) is 0 Å². The topological polar surface area (TPSA) is 71.2 Å². The van der Waals surface area contributed by atoms with Crippen LogP contribution in [-0.4, -0.2) is 39.9 Å². The number of thioether (sulfide) groups is 1. The zero-order chi connectivity index (χ0) is 12.3. The molecule has 0 aliphatic carbocycles. The Morgan fingerprint density at radius 2 is 2.53 bits per heavy atom. The van der Waals surface area contributed by atoms with E-state index in [9.17, 15) is 4.79 Å². The lowest BCUT2D eigenvalue weighted by atomic mass is 10.2. The Morgan fingerprint density at radius 3 is 3.24 bits per heavy atom. The number of aromatic nitrogens is 1. The van der Waals surface area contributed by atoms with Crippen molar-refractivity contribution >= 4 is 23.4 Å². The molecule has 2 rings (SSSR count). The third-order valence-corrected chi connectivity index (χ3v) is 3.81. The summed E-state index contributed by atoms with van der Waals surface area (Å²) in [7, 11) is 0. The molecule has 1 aliphatic heterocycles. The molecule has 1 aromatic rings. The van der Waals surface area contributed by atoms with Crippen molar-refractivity contribution in [2.24, 2.45) is 5.84 Å². The predicted octanol–water partition coefficient (Wildman–Crippen LogP) is 0.945. The normalized spacial score (nSPS) is 20.1.